The zero-order valence-corrected chi connectivity index (χ0v) is 10.7. The number of hydrogen-bond acceptors (Lipinski definition) is 4. The maximum Gasteiger partial charge on any atom is 0.305 e. The van der Waals surface area contributed by atoms with Crippen molar-refractivity contribution in [3.8, 4) is 5.75 Å². The summed E-state index contributed by atoms with van der Waals surface area (Å²) < 4.78 is 0. The molecule has 0 aliphatic carbocycles. The molecule has 6 nitrogen and oxygen atoms in total. The number of nitrogens with one attached hydrogen (secondary N) is 1. The molecule has 1 aromatic carbocycles. The number of carbonyl (C=O) groups is 2. The van der Waals surface area contributed by atoms with Gasteiger partial charge in [-0.05, 0) is 31.0 Å². The lowest BCUT2D eigenvalue weighted by atomic mass is 10.1. The Hall–Kier alpha value is -2.08. The summed E-state index contributed by atoms with van der Waals surface area (Å²) in [4.78, 5) is 22.0. The molecule has 6 heteroatoms. The van der Waals surface area contributed by atoms with Gasteiger partial charge in [-0.2, -0.15) is 0 Å². The second-order valence-corrected chi connectivity index (χ2v) is 4.48. The van der Waals surface area contributed by atoms with Crippen LogP contribution in [0.25, 0.3) is 0 Å². The van der Waals surface area contributed by atoms with E-state index in [1.54, 1.807) is 31.2 Å². The third-order valence-corrected chi connectivity index (χ3v) is 2.60. The van der Waals surface area contributed by atoms with Crippen LogP contribution in [-0.2, 0) is 16.0 Å². The summed E-state index contributed by atoms with van der Waals surface area (Å²) in [5.74, 6) is -1.40. The van der Waals surface area contributed by atoms with Gasteiger partial charge in [-0.3, -0.25) is 9.59 Å². The molecule has 19 heavy (non-hydrogen) atoms. The second-order valence-electron chi connectivity index (χ2n) is 4.48. The van der Waals surface area contributed by atoms with Crippen LogP contribution in [0.15, 0.2) is 24.3 Å². The van der Waals surface area contributed by atoms with Crippen LogP contribution in [0.3, 0.4) is 0 Å². The van der Waals surface area contributed by atoms with Gasteiger partial charge in [0.25, 0.3) is 0 Å². The third kappa shape index (κ3) is 5.39. The van der Waals surface area contributed by atoms with Gasteiger partial charge in [0, 0.05) is 6.04 Å². The molecule has 5 N–H and O–H groups in total. The molecule has 0 radical (unpaired) electrons. The molecule has 0 fully saturated rings. The Labute approximate surface area is 111 Å². The van der Waals surface area contributed by atoms with Gasteiger partial charge in [-0.25, -0.2) is 0 Å². The third-order valence-electron chi connectivity index (χ3n) is 2.60. The summed E-state index contributed by atoms with van der Waals surface area (Å²) in [7, 11) is 0. The zero-order chi connectivity index (χ0) is 14.4. The number of benzene rings is 1. The number of aliphatic carboxylic acids is 1. The van der Waals surface area contributed by atoms with E-state index in [-0.39, 0.29) is 11.8 Å². The molecule has 0 heterocycles. The van der Waals surface area contributed by atoms with Crippen LogP contribution in [0.2, 0.25) is 0 Å². The van der Waals surface area contributed by atoms with E-state index in [0.29, 0.717) is 6.42 Å². The predicted molar refractivity (Wildman–Crippen MR) is 69.6 cm³/mol. The summed E-state index contributed by atoms with van der Waals surface area (Å²) in [6.07, 6.45) is 0.184. The first-order chi connectivity index (χ1) is 8.88. The lowest BCUT2D eigenvalue weighted by molar-refractivity contribution is -0.139. The summed E-state index contributed by atoms with van der Waals surface area (Å²) in [6.45, 7) is 1.80. The maximum absolute atomic E-state index is 11.6. The highest BCUT2D eigenvalue weighted by molar-refractivity contribution is 5.86. The molecule has 0 aliphatic heterocycles. The Morgan fingerprint density at radius 2 is 1.89 bits per heavy atom. The minimum absolute atomic E-state index is 0.170. The van der Waals surface area contributed by atoms with Crippen LogP contribution in [0, 0.1) is 0 Å². The van der Waals surface area contributed by atoms with Gasteiger partial charge >= 0.3 is 5.97 Å². The fraction of sp³-hybridized carbons (Fsp3) is 0.385. The highest BCUT2D eigenvalue weighted by Gasteiger charge is 2.18. The van der Waals surface area contributed by atoms with E-state index in [2.05, 4.69) is 5.32 Å². The average molecular weight is 266 g/mol. The minimum Gasteiger partial charge on any atom is -0.508 e. The first-order valence-electron chi connectivity index (χ1n) is 5.94. The van der Waals surface area contributed by atoms with Crippen LogP contribution in [0.5, 0.6) is 5.75 Å². The molecule has 0 bridgehead atoms. The number of phenols is 1. The van der Waals surface area contributed by atoms with Crippen molar-refractivity contribution < 1.29 is 19.8 Å². The van der Waals surface area contributed by atoms with E-state index in [0.717, 1.165) is 5.56 Å². The molecular weight excluding hydrogens is 248 g/mol. The number of carbonyl (C=O) groups excluding carboxylic acids is 1. The normalized spacial score (nSPS) is 13.6. The number of amides is 1. The summed E-state index contributed by atoms with van der Waals surface area (Å²) in [6, 6.07) is 5.45. The summed E-state index contributed by atoms with van der Waals surface area (Å²) in [5.41, 5.74) is 6.41. The molecule has 1 amide bonds. The number of carboxylic acids is 1. The lowest BCUT2D eigenvalue weighted by Crippen LogP contribution is -2.46. The number of nitrogens with two attached hydrogens (primary N) is 1. The fourth-order valence-electron chi connectivity index (χ4n) is 1.67. The molecule has 0 saturated carbocycles. The van der Waals surface area contributed by atoms with Crippen molar-refractivity contribution in [3.05, 3.63) is 29.8 Å². The number of aromatic hydroxyl groups is 1. The lowest BCUT2D eigenvalue weighted by Gasteiger charge is -2.16. The van der Waals surface area contributed by atoms with E-state index in [9.17, 15) is 9.59 Å². The standard InChI is InChI=1S/C13H18N2O4/c1-8(6-9-2-4-10(16)5-3-9)15-13(19)11(14)7-12(17)18/h2-5,8,11,16H,6-7,14H2,1H3,(H,15,19)(H,17,18)/t8-,11+/m1/s1. The van der Waals surface area contributed by atoms with Crippen molar-refractivity contribution in [1.82, 2.24) is 5.32 Å². The number of hydrogen-bond donors (Lipinski definition) is 4. The molecular formula is C13H18N2O4. The van der Waals surface area contributed by atoms with Gasteiger partial charge < -0.3 is 21.3 Å². The van der Waals surface area contributed by atoms with Crippen molar-refractivity contribution in [2.75, 3.05) is 0 Å². The average Bonchev–Trinajstić information content (AvgIpc) is 2.31. The van der Waals surface area contributed by atoms with Crippen molar-refractivity contribution >= 4 is 11.9 Å². The van der Waals surface area contributed by atoms with E-state index in [1.165, 1.54) is 0 Å². The smallest absolute Gasteiger partial charge is 0.305 e. The molecule has 1 aromatic rings. The van der Waals surface area contributed by atoms with Gasteiger partial charge in [-0.15, -0.1) is 0 Å². The van der Waals surface area contributed by atoms with Gasteiger partial charge in [-0.1, -0.05) is 12.1 Å². The highest BCUT2D eigenvalue weighted by Crippen LogP contribution is 2.11. The molecule has 0 aliphatic rings. The predicted octanol–water partition coefficient (Wildman–Crippen LogP) is 0.241. The van der Waals surface area contributed by atoms with Crippen molar-refractivity contribution in [2.45, 2.75) is 31.8 Å². The van der Waals surface area contributed by atoms with Crippen LogP contribution in [-0.4, -0.2) is 34.2 Å². The van der Waals surface area contributed by atoms with Crippen LogP contribution < -0.4 is 11.1 Å². The largest absolute Gasteiger partial charge is 0.508 e. The monoisotopic (exact) mass is 266 g/mol. The number of carboxylic acid groups (broad SMARTS) is 1. The summed E-state index contributed by atoms with van der Waals surface area (Å²) in [5, 5.41) is 20.4. The van der Waals surface area contributed by atoms with Crippen molar-refractivity contribution in [3.63, 3.8) is 0 Å². The quantitative estimate of drug-likeness (QED) is 0.589. The van der Waals surface area contributed by atoms with Gasteiger partial charge in [0.15, 0.2) is 0 Å². The van der Waals surface area contributed by atoms with Gasteiger partial charge in [0.2, 0.25) is 5.91 Å². The van der Waals surface area contributed by atoms with Crippen LogP contribution in [0.1, 0.15) is 18.9 Å². The molecule has 0 aromatic heterocycles. The van der Waals surface area contributed by atoms with E-state index >= 15 is 0 Å². The Kier molecular flexibility index (Phi) is 5.32. The van der Waals surface area contributed by atoms with E-state index < -0.39 is 24.3 Å². The van der Waals surface area contributed by atoms with Gasteiger partial charge in [0.05, 0.1) is 12.5 Å². The Morgan fingerprint density at radius 3 is 2.42 bits per heavy atom. The molecule has 0 unspecified atom stereocenters. The van der Waals surface area contributed by atoms with E-state index in [4.69, 9.17) is 15.9 Å². The van der Waals surface area contributed by atoms with Crippen LogP contribution in [0.4, 0.5) is 0 Å². The first kappa shape index (κ1) is 15.0. The SMILES string of the molecule is C[C@H](Cc1ccc(O)cc1)NC(=O)[C@@H](N)CC(=O)O. The maximum atomic E-state index is 11.6. The van der Waals surface area contributed by atoms with E-state index in [1.807, 2.05) is 0 Å². The Balaban J connectivity index is 2.46. The Morgan fingerprint density at radius 1 is 1.32 bits per heavy atom. The highest BCUT2D eigenvalue weighted by atomic mass is 16.4. The fourth-order valence-corrected chi connectivity index (χ4v) is 1.67. The topological polar surface area (TPSA) is 113 Å². The minimum atomic E-state index is -1.10. The zero-order valence-electron chi connectivity index (χ0n) is 10.7. The molecule has 2 atom stereocenters. The van der Waals surface area contributed by atoms with Gasteiger partial charge in [0.1, 0.15) is 5.75 Å². The molecule has 0 saturated heterocycles. The molecule has 0 spiro atoms. The molecule has 104 valence electrons. The Bertz CT molecular complexity index is 444. The molecule has 1 rings (SSSR count). The second kappa shape index (κ2) is 6.75. The van der Waals surface area contributed by atoms with Crippen molar-refractivity contribution in [1.29, 1.82) is 0 Å². The first-order valence-corrected chi connectivity index (χ1v) is 5.94. The number of rotatable bonds is 6. The van der Waals surface area contributed by atoms with Crippen LogP contribution >= 0.6 is 0 Å². The van der Waals surface area contributed by atoms with Crippen molar-refractivity contribution in [2.24, 2.45) is 5.73 Å². The summed E-state index contributed by atoms with van der Waals surface area (Å²) >= 11 is 0. The number of phenolic OH excluding ortho intramolecular Hbond substituents is 1.